The number of alkyl halides is 3. The van der Waals surface area contributed by atoms with Gasteiger partial charge in [-0.2, -0.15) is 13.2 Å². The van der Waals surface area contributed by atoms with E-state index >= 15 is 0 Å². The van der Waals surface area contributed by atoms with Crippen molar-refractivity contribution < 1.29 is 46.1 Å². The van der Waals surface area contributed by atoms with Gasteiger partial charge in [0.2, 0.25) is 10.0 Å². The van der Waals surface area contributed by atoms with E-state index in [2.05, 4.69) is 5.32 Å². The molecule has 280 valence electrons. The lowest BCUT2D eigenvalue weighted by atomic mass is 9.79. The molecule has 1 aromatic rings. The van der Waals surface area contributed by atoms with Crippen molar-refractivity contribution in [1.82, 2.24) is 14.5 Å². The summed E-state index contributed by atoms with van der Waals surface area (Å²) < 4.78 is 71.9. The van der Waals surface area contributed by atoms with E-state index in [-0.39, 0.29) is 87.5 Å². The molecular formula is C35H51F3N4O7S. The molecular weight excluding hydrogens is 677 g/mol. The van der Waals surface area contributed by atoms with Gasteiger partial charge in [0, 0.05) is 44.1 Å². The summed E-state index contributed by atoms with van der Waals surface area (Å²) in [4.78, 5) is 33.0. The molecule has 0 bridgehead atoms. The number of aliphatic hydroxyl groups is 2. The Bertz CT molecular complexity index is 1490. The quantitative estimate of drug-likeness (QED) is 0.298. The van der Waals surface area contributed by atoms with Crippen LogP contribution >= 0.6 is 0 Å². The number of nitrogens with zero attached hydrogens (tertiary/aromatic N) is 3. The SMILES string of the molecule is Cc1cc(C(=O)N2CCC(OCC(O)CO)CC2)cc(C)c1CCS(=O)(=O)N1CCC2(CC1)N=C(C1CCC(CCC(F)(F)F)CC1)NC2=O. The fraction of sp³-hybridized carbons (Fsp3) is 0.743. The normalized spacial score (nSPS) is 24.3. The van der Waals surface area contributed by atoms with Crippen LogP contribution in [0.1, 0.15) is 91.3 Å². The monoisotopic (exact) mass is 728 g/mol. The van der Waals surface area contributed by atoms with Crippen molar-refractivity contribution in [1.29, 1.82) is 0 Å². The third-order valence-corrected chi connectivity index (χ3v) is 12.9. The van der Waals surface area contributed by atoms with E-state index in [4.69, 9.17) is 14.8 Å². The maximum absolute atomic E-state index is 13.5. The second-order valence-electron chi connectivity index (χ2n) is 14.6. The van der Waals surface area contributed by atoms with Crippen LogP contribution in [0.3, 0.4) is 0 Å². The van der Waals surface area contributed by atoms with Crippen LogP contribution in [-0.2, 0) is 26.0 Å². The van der Waals surface area contributed by atoms with E-state index in [0.717, 1.165) is 16.7 Å². The Morgan fingerprint density at radius 3 is 2.26 bits per heavy atom. The van der Waals surface area contributed by atoms with Gasteiger partial charge in [0.25, 0.3) is 11.8 Å². The van der Waals surface area contributed by atoms with Crippen LogP contribution in [0.15, 0.2) is 17.1 Å². The topological polar surface area (TPSA) is 149 Å². The zero-order valence-electron chi connectivity index (χ0n) is 29.0. The van der Waals surface area contributed by atoms with Gasteiger partial charge in [-0.1, -0.05) is 0 Å². The first kappa shape index (κ1) is 38.6. The van der Waals surface area contributed by atoms with Crippen LogP contribution in [0.5, 0.6) is 0 Å². The van der Waals surface area contributed by atoms with Crippen LogP contribution in [-0.4, -0.2) is 115 Å². The number of hydrogen-bond donors (Lipinski definition) is 3. The highest BCUT2D eigenvalue weighted by Gasteiger charge is 2.48. The Morgan fingerprint density at radius 2 is 1.68 bits per heavy atom. The molecule has 1 atom stereocenters. The van der Waals surface area contributed by atoms with E-state index in [0.29, 0.717) is 63.0 Å². The number of sulfonamides is 1. The first-order valence-electron chi connectivity index (χ1n) is 17.8. The summed E-state index contributed by atoms with van der Waals surface area (Å²) in [6.07, 6.45) is -1.01. The van der Waals surface area contributed by atoms with Gasteiger partial charge in [0.15, 0.2) is 0 Å². The number of ether oxygens (including phenoxy) is 1. The minimum absolute atomic E-state index is 0.000797. The second kappa shape index (κ2) is 16.0. The fourth-order valence-corrected chi connectivity index (χ4v) is 9.34. The molecule has 11 nitrogen and oxygen atoms in total. The number of likely N-dealkylation sites (tertiary alicyclic amines) is 1. The van der Waals surface area contributed by atoms with Crippen molar-refractivity contribution in [3.63, 3.8) is 0 Å². The maximum atomic E-state index is 13.5. The number of benzene rings is 1. The number of halogens is 3. The van der Waals surface area contributed by atoms with E-state index in [1.165, 1.54) is 4.31 Å². The van der Waals surface area contributed by atoms with Crippen LogP contribution in [0.2, 0.25) is 0 Å². The predicted octanol–water partition coefficient (Wildman–Crippen LogP) is 3.66. The summed E-state index contributed by atoms with van der Waals surface area (Å²) >= 11 is 0. The molecule has 1 spiro atoms. The lowest BCUT2D eigenvalue weighted by molar-refractivity contribution is -0.138. The van der Waals surface area contributed by atoms with Gasteiger partial charge in [-0.25, -0.2) is 12.7 Å². The molecule has 1 saturated carbocycles. The number of nitrogens with one attached hydrogen (secondary N) is 1. The standard InChI is InChI=1S/C35H51F3N4O7S/c1-23-19-27(32(45)41-14-8-29(9-15-41)49-22-28(44)21-43)20-24(2)30(23)10-18-50(47,48)42-16-12-34(13-17-42)33(46)39-31(40-34)26-5-3-25(4-6-26)7-11-35(36,37)38/h19-20,25-26,28-29,43-44H,3-18,21-22H2,1-2H3,(H,39,40,46). The van der Waals surface area contributed by atoms with Crippen molar-refractivity contribution in [2.75, 3.05) is 45.1 Å². The average Bonchev–Trinajstić information content (AvgIpc) is 3.40. The van der Waals surface area contributed by atoms with Crippen molar-refractivity contribution in [2.24, 2.45) is 16.8 Å². The zero-order valence-corrected chi connectivity index (χ0v) is 29.8. The average molecular weight is 729 g/mol. The molecule has 1 aliphatic carbocycles. The molecule has 0 aromatic heterocycles. The third kappa shape index (κ3) is 9.44. The molecule has 0 radical (unpaired) electrons. The van der Waals surface area contributed by atoms with Crippen LogP contribution < -0.4 is 5.32 Å². The van der Waals surface area contributed by atoms with E-state index in [9.17, 15) is 36.3 Å². The highest BCUT2D eigenvalue weighted by atomic mass is 32.2. The molecule has 3 fully saturated rings. The summed E-state index contributed by atoms with van der Waals surface area (Å²) in [7, 11) is -3.64. The number of aryl methyl sites for hydroxylation is 2. The minimum atomic E-state index is -4.15. The molecule has 3 N–H and O–H groups in total. The van der Waals surface area contributed by atoms with Gasteiger partial charge in [0.1, 0.15) is 17.5 Å². The molecule has 2 amide bonds. The van der Waals surface area contributed by atoms with Gasteiger partial charge in [0.05, 0.1) is 25.1 Å². The maximum Gasteiger partial charge on any atom is 0.389 e. The lowest BCUT2D eigenvalue weighted by Gasteiger charge is -2.35. The molecule has 5 rings (SSSR count). The van der Waals surface area contributed by atoms with Gasteiger partial charge in [-0.3, -0.25) is 14.6 Å². The lowest BCUT2D eigenvalue weighted by Crippen LogP contribution is -2.51. The van der Waals surface area contributed by atoms with Gasteiger partial charge >= 0.3 is 6.18 Å². The summed E-state index contributed by atoms with van der Waals surface area (Å²) in [5.41, 5.74) is 2.11. The summed E-state index contributed by atoms with van der Waals surface area (Å²) in [5.74, 6) is 0.201. The first-order chi connectivity index (χ1) is 23.6. The largest absolute Gasteiger partial charge is 0.394 e. The zero-order chi connectivity index (χ0) is 36.3. The van der Waals surface area contributed by atoms with E-state index < -0.39 is 34.3 Å². The number of carbonyl (C=O) groups excluding carboxylic acids is 2. The number of piperidine rings is 2. The van der Waals surface area contributed by atoms with Gasteiger partial charge < -0.3 is 25.2 Å². The highest BCUT2D eigenvalue weighted by molar-refractivity contribution is 7.89. The summed E-state index contributed by atoms with van der Waals surface area (Å²) in [6, 6.07) is 3.62. The number of aliphatic imine (C=N–C) groups is 1. The van der Waals surface area contributed by atoms with Crippen LogP contribution in [0, 0.1) is 25.7 Å². The molecule has 2 saturated heterocycles. The fourth-order valence-electron chi connectivity index (χ4n) is 7.88. The predicted molar refractivity (Wildman–Crippen MR) is 181 cm³/mol. The molecule has 3 heterocycles. The Kier molecular flexibility index (Phi) is 12.3. The van der Waals surface area contributed by atoms with Gasteiger partial charge in [-0.05, 0) is 113 Å². The Balaban J connectivity index is 1.11. The van der Waals surface area contributed by atoms with E-state index in [1.54, 1.807) is 4.90 Å². The first-order valence-corrected chi connectivity index (χ1v) is 19.5. The Morgan fingerprint density at radius 1 is 1.06 bits per heavy atom. The second-order valence-corrected chi connectivity index (χ2v) is 16.7. The molecule has 3 aliphatic heterocycles. The van der Waals surface area contributed by atoms with Gasteiger partial charge in [-0.15, -0.1) is 0 Å². The van der Waals surface area contributed by atoms with Crippen LogP contribution in [0.4, 0.5) is 13.2 Å². The van der Waals surface area contributed by atoms with Crippen molar-refractivity contribution in [3.05, 3.63) is 34.4 Å². The molecule has 1 aromatic carbocycles. The number of aliphatic hydroxyl groups excluding tert-OH is 2. The number of amidine groups is 1. The summed E-state index contributed by atoms with van der Waals surface area (Å²) in [5, 5.41) is 21.4. The van der Waals surface area contributed by atoms with Crippen molar-refractivity contribution >= 4 is 27.7 Å². The number of amides is 2. The Labute approximate surface area is 292 Å². The Hall–Kier alpha value is -2.59. The summed E-state index contributed by atoms with van der Waals surface area (Å²) in [6.45, 7) is 4.82. The minimum Gasteiger partial charge on any atom is -0.394 e. The van der Waals surface area contributed by atoms with E-state index in [1.807, 2.05) is 26.0 Å². The van der Waals surface area contributed by atoms with Crippen LogP contribution in [0.25, 0.3) is 0 Å². The number of hydrogen-bond acceptors (Lipinski definition) is 8. The van der Waals surface area contributed by atoms with Crippen molar-refractivity contribution in [3.8, 4) is 0 Å². The highest BCUT2D eigenvalue weighted by Crippen LogP contribution is 2.38. The smallest absolute Gasteiger partial charge is 0.389 e. The molecule has 50 heavy (non-hydrogen) atoms. The molecule has 1 unspecified atom stereocenters. The number of carbonyl (C=O) groups is 2. The molecule has 4 aliphatic rings. The number of rotatable bonds is 12. The van der Waals surface area contributed by atoms with Crippen molar-refractivity contribution in [2.45, 2.75) is 108 Å². The third-order valence-electron chi connectivity index (χ3n) is 11.0. The molecule has 15 heteroatoms.